The van der Waals surface area contributed by atoms with Gasteiger partial charge in [0, 0.05) is 23.0 Å². The van der Waals surface area contributed by atoms with Crippen LogP contribution in [0.2, 0.25) is 0 Å². The molecule has 0 unspecified atom stereocenters. The van der Waals surface area contributed by atoms with Crippen molar-refractivity contribution in [3.8, 4) is 26.9 Å². The maximum Gasteiger partial charge on any atom is 0.275 e. The molecular formula is C27H27N5O3S2. The molecule has 1 aliphatic rings. The highest BCUT2D eigenvalue weighted by atomic mass is 32.1. The van der Waals surface area contributed by atoms with Crippen LogP contribution in [-0.4, -0.2) is 41.0 Å². The molecule has 0 aliphatic carbocycles. The van der Waals surface area contributed by atoms with Crippen LogP contribution in [0.5, 0.6) is 5.75 Å². The molecule has 0 saturated heterocycles. The van der Waals surface area contributed by atoms with E-state index in [4.69, 9.17) is 14.7 Å². The molecule has 0 bridgehead atoms. The van der Waals surface area contributed by atoms with Crippen molar-refractivity contribution < 1.29 is 14.3 Å². The highest BCUT2D eigenvalue weighted by molar-refractivity contribution is 7.22. The average Bonchev–Trinajstić information content (AvgIpc) is 3.58. The van der Waals surface area contributed by atoms with E-state index in [1.54, 1.807) is 29.6 Å². The number of hydrogen-bond donors (Lipinski definition) is 3. The molecule has 5 rings (SSSR count). The Hall–Kier alpha value is -3.60. The molecule has 1 aromatic carbocycles. The van der Waals surface area contributed by atoms with Gasteiger partial charge >= 0.3 is 0 Å². The fourth-order valence-electron chi connectivity index (χ4n) is 4.05. The number of ether oxygens (including phenoxy) is 1. The lowest BCUT2D eigenvalue weighted by molar-refractivity contribution is -0.124. The second kappa shape index (κ2) is 10.4. The summed E-state index contributed by atoms with van der Waals surface area (Å²) in [6.07, 6.45) is 0. The van der Waals surface area contributed by atoms with Crippen LogP contribution in [-0.2, 0) is 9.59 Å². The Morgan fingerprint density at radius 3 is 2.49 bits per heavy atom. The van der Waals surface area contributed by atoms with Gasteiger partial charge < -0.3 is 15.4 Å². The van der Waals surface area contributed by atoms with Crippen molar-refractivity contribution in [2.24, 2.45) is 0 Å². The Morgan fingerprint density at radius 2 is 1.84 bits per heavy atom. The topological polar surface area (TPSA) is 105 Å². The van der Waals surface area contributed by atoms with Gasteiger partial charge in [-0.05, 0) is 60.7 Å². The fourth-order valence-corrected chi connectivity index (χ4v) is 5.90. The summed E-state index contributed by atoms with van der Waals surface area (Å²) >= 11 is 3.12. The fraction of sp³-hybridized carbons (Fsp3) is 0.259. The number of carbonyl (C=O) groups is 2. The van der Waals surface area contributed by atoms with Crippen LogP contribution in [0.25, 0.3) is 31.4 Å². The first-order chi connectivity index (χ1) is 17.8. The maximum atomic E-state index is 12.4. The van der Waals surface area contributed by atoms with Gasteiger partial charge in [0.2, 0.25) is 0 Å². The zero-order valence-electron chi connectivity index (χ0n) is 21.0. The quantitative estimate of drug-likeness (QED) is 0.203. The highest BCUT2D eigenvalue weighted by Gasteiger charge is 2.29. The summed E-state index contributed by atoms with van der Waals surface area (Å²) in [5, 5.41) is 11.6. The standard InChI is InChI=1S/C27H27N5O3S2/c1-14(2)28-11-12-35-18-9-7-17(8-10-18)22-15(3)20-24(29-21-16(4)25(33)32-26(21)34)30-23(31-27(20)37-22)19-6-5-13-36-19/h5-10,13-14,28H,11-12H2,1-4H3,(H2,29,30,31,32,33,34). The third kappa shape index (κ3) is 5.13. The number of fused-ring (bicyclic) bond motifs is 1. The minimum atomic E-state index is -0.459. The van der Waals surface area contributed by atoms with E-state index < -0.39 is 11.8 Å². The number of hydrogen-bond acceptors (Lipinski definition) is 9. The van der Waals surface area contributed by atoms with Gasteiger partial charge in [0.25, 0.3) is 11.8 Å². The summed E-state index contributed by atoms with van der Waals surface area (Å²) < 4.78 is 5.86. The van der Waals surface area contributed by atoms with Crippen molar-refractivity contribution in [3.63, 3.8) is 0 Å². The van der Waals surface area contributed by atoms with Gasteiger partial charge in [-0.25, -0.2) is 9.97 Å². The van der Waals surface area contributed by atoms with E-state index in [-0.39, 0.29) is 5.70 Å². The van der Waals surface area contributed by atoms with Crippen LogP contribution in [0.15, 0.2) is 53.0 Å². The van der Waals surface area contributed by atoms with E-state index >= 15 is 0 Å². The first kappa shape index (κ1) is 25.1. The molecule has 2 amide bonds. The maximum absolute atomic E-state index is 12.4. The van der Waals surface area contributed by atoms with Gasteiger partial charge in [0.15, 0.2) is 5.82 Å². The number of benzene rings is 1. The van der Waals surface area contributed by atoms with Crippen LogP contribution in [0.3, 0.4) is 0 Å². The van der Waals surface area contributed by atoms with Gasteiger partial charge in [0.1, 0.15) is 28.7 Å². The van der Waals surface area contributed by atoms with Crippen molar-refractivity contribution in [1.82, 2.24) is 20.6 Å². The summed E-state index contributed by atoms with van der Waals surface area (Å²) in [5.74, 6) is 1.03. The Bertz CT molecular complexity index is 1510. The minimum absolute atomic E-state index is 0.211. The van der Waals surface area contributed by atoms with Gasteiger partial charge in [-0.15, -0.1) is 22.7 Å². The summed E-state index contributed by atoms with van der Waals surface area (Å²) in [6, 6.07) is 12.4. The number of amides is 2. The van der Waals surface area contributed by atoms with Crippen LogP contribution in [0.4, 0.5) is 5.82 Å². The molecule has 4 aromatic rings. The molecular weight excluding hydrogens is 506 g/mol. The number of aromatic nitrogens is 2. The molecule has 37 heavy (non-hydrogen) atoms. The Morgan fingerprint density at radius 1 is 1.05 bits per heavy atom. The van der Waals surface area contributed by atoms with Crippen molar-refractivity contribution in [1.29, 1.82) is 0 Å². The lowest BCUT2D eigenvalue weighted by atomic mass is 10.1. The smallest absolute Gasteiger partial charge is 0.275 e. The molecule has 3 N–H and O–H groups in total. The van der Waals surface area contributed by atoms with Gasteiger partial charge in [0.05, 0.1) is 10.3 Å². The van der Waals surface area contributed by atoms with E-state index in [9.17, 15) is 9.59 Å². The number of rotatable bonds is 9. The summed E-state index contributed by atoms with van der Waals surface area (Å²) in [7, 11) is 0. The molecule has 0 fully saturated rings. The van der Waals surface area contributed by atoms with Crippen molar-refractivity contribution >= 4 is 50.5 Å². The molecule has 3 aromatic heterocycles. The summed E-state index contributed by atoms with van der Waals surface area (Å²) in [4.78, 5) is 36.9. The largest absolute Gasteiger partial charge is 0.492 e. The van der Waals surface area contributed by atoms with E-state index in [1.807, 2.05) is 48.7 Å². The lowest BCUT2D eigenvalue weighted by Crippen LogP contribution is -2.27. The predicted octanol–water partition coefficient (Wildman–Crippen LogP) is 5.11. The molecule has 1 aliphatic heterocycles. The van der Waals surface area contributed by atoms with Crippen molar-refractivity contribution in [2.45, 2.75) is 33.7 Å². The van der Waals surface area contributed by atoms with Crippen LogP contribution < -0.4 is 20.7 Å². The first-order valence-electron chi connectivity index (χ1n) is 12.0. The SMILES string of the molecule is CC1=C(Nc2nc(-c3cccs3)nc3sc(-c4ccc(OCCNC(C)C)cc4)c(C)c23)C(=O)NC1=O. The second-order valence-electron chi connectivity index (χ2n) is 9.00. The third-order valence-electron chi connectivity index (χ3n) is 5.98. The van der Waals surface area contributed by atoms with E-state index in [0.29, 0.717) is 29.9 Å². The second-order valence-corrected chi connectivity index (χ2v) is 10.9. The molecule has 0 radical (unpaired) electrons. The normalized spacial score (nSPS) is 13.6. The van der Waals surface area contributed by atoms with Crippen molar-refractivity contribution in [2.75, 3.05) is 18.5 Å². The number of anilines is 1. The van der Waals surface area contributed by atoms with Crippen LogP contribution in [0, 0.1) is 6.92 Å². The lowest BCUT2D eigenvalue weighted by Gasteiger charge is -2.10. The Balaban J connectivity index is 1.52. The monoisotopic (exact) mass is 533 g/mol. The zero-order valence-corrected chi connectivity index (χ0v) is 22.6. The van der Waals surface area contributed by atoms with Crippen molar-refractivity contribution in [3.05, 3.63) is 58.6 Å². The van der Waals surface area contributed by atoms with Gasteiger partial charge in [-0.2, -0.15) is 0 Å². The molecule has 0 atom stereocenters. The third-order valence-corrected chi connectivity index (χ3v) is 8.09. The molecule has 4 heterocycles. The summed E-state index contributed by atoms with van der Waals surface area (Å²) in [5.41, 5.74) is 2.59. The number of imide groups is 1. The van der Waals surface area contributed by atoms with Crippen LogP contribution in [0.1, 0.15) is 26.3 Å². The number of aryl methyl sites for hydroxylation is 1. The van der Waals surface area contributed by atoms with Gasteiger partial charge in [-0.1, -0.05) is 19.9 Å². The average molecular weight is 534 g/mol. The number of thiophene rings is 2. The predicted molar refractivity (Wildman–Crippen MR) is 149 cm³/mol. The van der Waals surface area contributed by atoms with E-state index in [0.717, 1.165) is 43.4 Å². The molecule has 190 valence electrons. The zero-order chi connectivity index (χ0) is 26.1. The number of nitrogens with one attached hydrogen (secondary N) is 3. The number of nitrogens with zero attached hydrogens (tertiary/aromatic N) is 2. The molecule has 8 nitrogen and oxygen atoms in total. The van der Waals surface area contributed by atoms with Gasteiger partial charge in [-0.3, -0.25) is 14.9 Å². The Labute approximate surface area is 222 Å². The Kier molecular flexibility index (Phi) is 7.05. The highest BCUT2D eigenvalue weighted by Crippen LogP contribution is 2.42. The molecule has 0 spiro atoms. The van der Waals surface area contributed by atoms with E-state index in [2.05, 4.69) is 29.8 Å². The van der Waals surface area contributed by atoms with Crippen LogP contribution >= 0.6 is 22.7 Å². The first-order valence-corrected chi connectivity index (χ1v) is 13.7. The van der Waals surface area contributed by atoms with E-state index in [1.165, 1.54) is 0 Å². The molecule has 0 saturated carbocycles. The minimum Gasteiger partial charge on any atom is -0.492 e. The molecule has 10 heteroatoms. The summed E-state index contributed by atoms with van der Waals surface area (Å²) in [6.45, 7) is 9.25. The number of carbonyl (C=O) groups excluding carboxylic acids is 2.